The minimum absolute atomic E-state index is 0.729. The van der Waals surface area contributed by atoms with Crippen molar-refractivity contribution in [2.45, 2.75) is 13.8 Å². The molecule has 3 rings (SSSR count). The summed E-state index contributed by atoms with van der Waals surface area (Å²) in [6, 6.07) is 16.5. The molecule has 0 bridgehead atoms. The summed E-state index contributed by atoms with van der Waals surface area (Å²) >= 11 is 0. The van der Waals surface area contributed by atoms with E-state index in [4.69, 9.17) is 9.47 Å². The van der Waals surface area contributed by atoms with Crippen molar-refractivity contribution in [3.05, 3.63) is 65.9 Å². The highest BCUT2D eigenvalue weighted by atomic mass is 16.5. The first kappa shape index (κ1) is 16.1. The van der Waals surface area contributed by atoms with E-state index in [-0.39, 0.29) is 0 Å². The van der Waals surface area contributed by atoms with Crippen LogP contribution in [-0.4, -0.2) is 19.2 Å². The Kier molecular flexibility index (Phi) is 4.52. The van der Waals surface area contributed by atoms with Gasteiger partial charge in [0, 0.05) is 11.8 Å². The molecular weight excluding hydrogens is 298 g/mol. The molecule has 122 valence electrons. The number of methoxy groups -OCH3 is 2. The lowest BCUT2D eigenvalue weighted by Crippen LogP contribution is -1.92. The van der Waals surface area contributed by atoms with Crippen molar-refractivity contribution in [2.24, 2.45) is 0 Å². The number of rotatable bonds is 4. The molecular formula is C21H21NO2. The molecule has 0 unspecified atom stereocenters. The molecule has 0 aliphatic heterocycles. The summed E-state index contributed by atoms with van der Waals surface area (Å²) in [7, 11) is 3.30. The molecule has 1 heterocycles. The van der Waals surface area contributed by atoms with Crippen LogP contribution in [0.2, 0.25) is 0 Å². The Balaban J connectivity index is 2.11. The van der Waals surface area contributed by atoms with Gasteiger partial charge in [0.1, 0.15) is 0 Å². The molecule has 0 aliphatic rings. The van der Waals surface area contributed by atoms with Gasteiger partial charge in [-0.15, -0.1) is 0 Å². The Hall–Kier alpha value is -2.81. The molecule has 1 aromatic heterocycles. The van der Waals surface area contributed by atoms with E-state index < -0.39 is 0 Å². The van der Waals surface area contributed by atoms with Crippen LogP contribution in [0.3, 0.4) is 0 Å². The summed E-state index contributed by atoms with van der Waals surface area (Å²) in [6.45, 7) is 4.19. The average Bonchev–Trinajstić information content (AvgIpc) is 2.61. The summed E-state index contributed by atoms with van der Waals surface area (Å²) in [5, 5.41) is 0. The molecule has 0 fully saturated rings. The first-order chi connectivity index (χ1) is 11.6. The zero-order valence-corrected chi connectivity index (χ0v) is 14.5. The standard InChI is InChI=1S/C21H21NO2/c1-14-10-17(16-7-8-19(23-3)20(13-16)24-4)12-18(11-14)21-15(2)6-5-9-22-21/h5-13H,1-4H3. The number of ether oxygens (including phenoxy) is 2. The van der Waals surface area contributed by atoms with Crippen molar-refractivity contribution >= 4 is 0 Å². The Morgan fingerprint density at radius 3 is 2.21 bits per heavy atom. The van der Waals surface area contributed by atoms with Gasteiger partial charge in [-0.2, -0.15) is 0 Å². The van der Waals surface area contributed by atoms with E-state index in [1.807, 2.05) is 30.5 Å². The van der Waals surface area contributed by atoms with Crippen LogP contribution >= 0.6 is 0 Å². The van der Waals surface area contributed by atoms with Crippen LogP contribution in [0, 0.1) is 13.8 Å². The number of nitrogens with zero attached hydrogens (tertiary/aromatic N) is 1. The fourth-order valence-corrected chi connectivity index (χ4v) is 2.89. The highest BCUT2D eigenvalue weighted by molar-refractivity contribution is 5.75. The van der Waals surface area contributed by atoms with Gasteiger partial charge in [0.05, 0.1) is 19.9 Å². The lowest BCUT2D eigenvalue weighted by atomic mass is 9.97. The van der Waals surface area contributed by atoms with Crippen LogP contribution in [0.25, 0.3) is 22.4 Å². The minimum atomic E-state index is 0.729. The summed E-state index contributed by atoms with van der Waals surface area (Å²) in [6.07, 6.45) is 1.83. The Labute approximate surface area is 142 Å². The quantitative estimate of drug-likeness (QED) is 0.674. The van der Waals surface area contributed by atoms with E-state index in [1.54, 1.807) is 14.2 Å². The third-order valence-electron chi connectivity index (χ3n) is 4.08. The lowest BCUT2D eigenvalue weighted by molar-refractivity contribution is 0.355. The van der Waals surface area contributed by atoms with Gasteiger partial charge in [-0.1, -0.05) is 18.2 Å². The van der Waals surface area contributed by atoms with Crippen molar-refractivity contribution in [1.29, 1.82) is 0 Å². The molecule has 3 heteroatoms. The van der Waals surface area contributed by atoms with Gasteiger partial charge in [0.15, 0.2) is 11.5 Å². The van der Waals surface area contributed by atoms with Crippen molar-refractivity contribution in [3.8, 4) is 33.9 Å². The smallest absolute Gasteiger partial charge is 0.161 e. The monoisotopic (exact) mass is 319 g/mol. The lowest BCUT2D eigenvalue weighted by Gasteiger charge is -2.12. The van der Waals surface area contributed by atoms with Gasteiger partial charge in [0.25, 0.3) is 0 Å². The summed E-state index contributed by atoms with van der Waals surface area (Å²) in [4.78, 5) is 4.54. The molecule has 0 radical (unpaired) electrons. The molecule has 0 amide bonds. The fraction of sp³-hybridized carbons (Fsp3) is 0.190. The number of aromatic nitrogens is 1. The SMILES string of the molecule is COc1ccc(-c2cc(C)cc(-c3ncccc3C)c2)cc1OC. The molecule has 0 saturated heterocycles. The number of hydrogen-bond acceptors (Lipinski definition) is 3. The van der Waals surface area contributed by atoms with Gasteiger partial charge in [-0.3, -0.25) is 4.98 Å². The third kappa shape index (κ3) is 3.11. The highest BCUT2D eigenvalue weighted by Crippen LogP contribution is 2.34. The van der Waals surface area contributed by atoms with Crippen LogP contribution < -0.4 is 9.47 Å². The molecule has 3 aromatic rings. The van der Waals surface area contributed by atoms with Gasteiger partial charge < -0.3 is 9.47 Å². The van der Waals surface area contributed by atoms with Crippen molar-refractivity contribution in [1.82, 2.24) is 4.98 Å². The van der Waals surface area contributed by atoms with Gasteiger partial charge >= 0.3 is 0 Å². The van der Waals surface area contributed by atoms with E-state index in [0.29, 0.717) is 0 Å². The number of aryl methyl sites for hydroxylation is 2. The average molecular weight is 319 g/mol. The maximum Gasteiger partial charge on any atom is 0.161 e. The predicted octanol–water partition coefficient (Wildman–Crippen LogP) is 5.05. The maximum atomic E-state index is 5.43. The van der Waals surface area contributed by atoms with Crippen molar-refractivity contribution in [3.63, 3.8) is 0 Å². The van der Waals surface area contributed by atoms with Gasteiger partial charge in [0.2, 0.25) is 0 Å². The normalized spacial score (nSPS) is 10.5. The van der Waals surface area contributed by atoms with Crippen LogP contribution in [0.5, 0.6) is 11.5 Å². The minimum Gasteiger partial charge on any atom is -0.493 e. The second-order valence-electron chi connectivity index (χ2n) is 5.83. The Morgan fingerprint density at radius 2 is 1.50 bits per heavy atom. The van der Waals surface area contributed by atoms with Crippen LogP contribution in [0.4, 0.5) is 0 Å². The summed E-state index contributed by atoms with van der Waals surface area (Å²) < 4.78 is 10.7. The second kappa shape index (κ2) is 6.75. The Morgan fingerprint density at radius 1 is 0.750 bits per heavy atom. The topological polar surface area (TPSA) is 31.4 Å². The number of hydrogen-bond donors (Lipinski definition) is 0. The first-order valence-electron chi connectivity index (χ1n) is 7.88. The van der Waals surface area contributed by atoms with E-state index in [9.17, 15) is 0 Å². The first-order valence-corrected chi connectivity index (χ1v) is 7.88. The van der Waals surface area contributed by atoms with Crippen LogP contribution in [-0.2, 0) is 0 Å². The van der Waals surface area contributed by atoms with E-state index >= 15 is 0 Å². The number of benzene rings is 2. The largest absolute Gasteiger partial charge is 0.493 e. The third-order valence-corrected chi connectivity index (χ3v) is 4.08. The molecule has 3 nitrogen and oxygen atoms in total. The van der Waals surface area contributed by atoms with Gasteiger partial charge in [-0.25, -0.2) is 0 Å². The van der Waals surface area contributed by atoms with Crippen LogP contribution in [0.15, 0.2) is 54.7 Å². The molecule has 0 saturated carbocycles. The van der Waals surface area contributed by atoms with Crippen LogP contribution in [0.1, 0.15) is 11.1 Å². The maximum absolute atomic E-state index is 5.43. The van der Waals surface area contributed by atoms with E-state index in [1.165, 1.54) is 11.1 Å². The van der Waals surface area contributed by atoms with Crippen molar-refractivity contribution < 1.29 is 9.47 Å². The zero-order chi connectivity index (χ0) is 17.1. The van der Waals surface area contributed by atoms with Crippen molar-refractivity contribution in [2.75, 3.05) is 14.2 Å². The molecule has 0 aliphatic carbocycles. The fourth-order valence-electron chi connectivity index (χ4n) is 2.89. The molecule has 2 aromatic carbocycles. The zero-order valence-electron chi connectivity index (χ0n) is 14.5. The summed E-state index contributed by atoms with van der Waals surface area (Å²) in [5.41, 5.74) is 6.73. The molecule has 24 heavy (non-hydrogen) atoms. The molecule has 0 spiro atoms. The second-order valence-corrected chi connectivity index (χ2v) is 5.83. The van der Waals surface area contributed by atoms with Gasteiger partial charge in [-0.05, 0) is 66.4 Å². The predicted molar refractivity (Wildman–Crippen MR) is 97.7 cm³/mol. The Bertz CT molecular complexity index is 871. The van der Waals surface area contributed by atoms with E-state index in [0.717, 1.165) is 33.9 Å². The highest BCUT2D eigenvalue weighted by Gasteiger charge is 2.10. The molecule has 0 N–H and O–H groups in total. The summed E-state index contributed by atoms with van der Waals surface area (Å²) in [5.74, 6) is 1.46. The van der Waals surface area contributed by atoms with E-state index in [2.05, 4.69) is 43.1 Å². The number of pyridine rings is 1. The molecule has 0 atom stereocenters.